The number of benzene rings is 1. The number of rotatable bonds is 4. The summed E-state index contributed by atoms with van der Waals surface area (Å²) in [6.45, 7) is 9.68. The predicted octanol–water partition coefficient (Wildman–Crippen LogP) is 3.15. The van der Waals surface area contributed by atoms with Crippen molar-refractivity contribution in [3.05, 3.63) is 29.8 Å². The molecule has 0 spiro atoms. The Bertz CT molecular complexity index is 607. The Balaban J connectivity index is 1.91. The molecule has 138 valence electrons. The Labute approximate surface area is 150 Å². The molecule has 2 N–H and O–H groups in total. The molecule has 5 heteroatoms. The van der Waals surface area contributed by atoms with Crippen LogP contribution in [0, 0.1) is 11.3 Å². The van der Waals surface area contributed by atoms with E-state index in [0.29, 0.717) is 12.2 Å². The van der Waals surface area contributed by atoms with Gasteiger partial charge in [-0.3, -0.25) is 9.59 Å². The van der Waals surface area contributed by atoms with Crippen LogP contribution >= 0.6 is 0 Å². The lowest BCUT2D eigenvalue weighted by molar-refractivity contribution is -0.137. The monoisotopic (exact) mass is 346 g/mol. The molecule has 0 saturated carbocycles. The number of anilines is 1. The van der Waals surface area contributed by atoms with Crippen molar-refractivity contribution in [2.75, 3.05) is 18.5 Å². The van der Waals surface area contributed by atoms with E-state index in [4.69, 9.17) is 4.74 Å². The van der Waals surface area contributed by atoms with Gasteiger partial charge in [0.15, 0.2) is 0 Å². The number of hydrogen-bond donors (Lipinski definition) is 2. The maximum Gasteiger partial charge on any atom is 0.313 e. The smallest absolute Gasteiger partial charge is 0.313 e. The number of hydrogen-bond acceptors (Lipinski definition) is 3. The van der Waals surface area contributed by atoms with E-state index in [2.05, 4.69) is 31.4 Å². The molecule has 1 aliphatic heterocycles. The molecular weight excluding hydrogens is 316 g/mol. The van der Waals surface area contributed by atoms with Gasteiger partial charge in [-0.2, -0.15) is 0 Å². The molecule has 0 unspecified atom stereocenters. The highest BCUT2D eigenvalue weighted by atomic mass is 16.5. The Morgan fingerprint density at radius 3 is 2.60 bits per heavy atom. The molecule has 5 nitrogen and oxygen atoms in total. The summed E-state index contributed by atoms with van der Waals surface area (Å²) >= 11 is 0. The van der Waals surface area contributed by atoms with Crippen LogP contribution in [0.2, 0.25) is 0 Å². The summed E-state index contributed by atoms with van der Waals surface area (Å²) in [6, 6.07) is 7.53. The van der Waals surface area contributed by atoms with E-state index >= 15 is 0 Å². The van der Waals surface area contributed by atoms with Gasteiger partial charge in [-0.25, -0.2) is 0 Å². The van der Waals surface area contributed by atoms with E-state index in [9.17, 15) is 9.59 Å². The first-order valence-electron chi connectivity index (χ1n) is 9.11. The molecule has 25 heavy (non-hydrogen) atoms. The van der Waals surface area contributed by atoms with Gasteiger partial charge >= 0.3 is 11.8 Å². The highest BCUT2D eigenvalue weighted by Gasteiger charge is 2.35. The molecule has 1 fully saturated rings. The van der Waals surface area contributed by atoms with E-state index in [1.54, 1.807) is 0 Å². The van der Waals surface area contributed by atoms with E-state index < -0.39 is 11.8 Å². The van der Waals surface area contributed by atoms with Crippen molar-refractivity contribution >= 4 is 17.5 Å². The fourth-order valence-electron chi connectivity index (χ4n) is 3.44. The van der Waals surface area contributed by atoms with Crippen molar-refractivity contribution in [2.45, 2.75) is 53.1 Å². The molecule has 1 aliphatic rings. The third kappa shape index (κ3) is 5.30. The normalized spacial score (nSPS) is 20.8. The van der Waals surface area contributed by atoms with Crippen LogP contribution in [-0.2, 0) is 20.7 Å². The Kier molecular flexibility index (Phi) is 6.59. The van der Waals surface area contributed by atoms with Gasteiger partial charge in [0.1, 0.15) is 0 Å². The molecule has 1 aromatic rings. The lowest BCUT2D eigenvalue weighted by Gasteiger charge is -2.40. The minimum absolute atomic E-state index is 0.0120. The fraction of sp³-hybridized carbons (Fsp3) is 0.600. The second-order valence-corrected chi connectivity index (χ2v) is 7.73. The molecule has 2 atom stereocenters. The minimum atomic E-state index is -0.620. The van der Waals surface area contributed by atoms with Gasteiger partial charge in [0.2, 0.25) is 0 Å². The van der Waals surface area contributed by atoms with Gasteiger partial charge in [0.05, 0.1) is 6.10 Å². The van der Waals surface area contributed by atoms with E-state index in [1.165, 1.54) is 0 Å². The van der Waals surface area contributed by atoms with Crippen molar-refractivity contribution in [3.8, 4) is 0 Å². The van der Waals surface area contributed by atoms with Crippen molar-refractivity contribution in [1.82, 2.24) is 5.32 Å². The summed E-state index contributed by atoms with van der Waals surface area (Å²) < 4.78 is 5.92. The number of ether oxygens (including phenoxy) is 1. The first-order chi connectivity index (χ1) is 11.8. The Hall–Kier alpha value is -1.88. The SMILES string of the molecule is CCc1ccccc1NC(=O)C(=O)NC[C@H]1CCCO[C@H]1C(C)(C)C. The van der Waals surface area contributed by atoms with Crippen LogP contribution in [0.1, 0.15) is 46.1 Å². The van der Waals surface area contributed by atoms with Gasteiger partial charge < -0.3 is 15.4 Å². The third-order valence-corrected chi connectivity index (χ3v) is 4.68. The number of aryl methyl sites for hydroxylation is 1. The van der Waals surface area contributed by atoms with Gasteiger partial charge in [0, 0.05) is 24.8 Å². The number of amides is 2. The van der Waals surface area contributed by atoms with Gasteiger partial charge in [-0.1, -0.05) is 45.9 Å². The number of para-hydroxylation sites is 1. The maximum atomic E-state index is 12.2. The molecule has 1 heterocycles. The third-order valence-electron chi connectivity index (χ3n) is 4.68. The Morgan fingerprint density at radius 2 is 1.92 bits per heavy atom. The van der Waals surface area contributed by atoms with E-state index in [1.807, 2.05) is 31.2 Å². The molecule has 1 saturated heterocycles. The zero-order chi connectivity index (χ0) is 18.4. The second-order valence-electron chi connectivity index (χ2n) is 7.73. The number of carbonyl (C=O) groups is 2. The van der Waals surface area contributed by atoms with Crippen molar-refractivity contribution in [3.63, 3.8) is 0 Å². The van der Waals surface area contributed by atoms with Crippen LogP contribution in [0.25, 0.3) is 0 Å². The quantitative estimate of drug-likeness (QED) is 0.823. The fourth-order valence-corrected chi connectivity index (χ4v) is 3.44. The van der Waals surface area contributed by atoms with E-state index in [0.717, 1.165) is 31.4 Å². The Morgan fingerprint density at radius 1 is 1.20 bits per heavy atom. The van der Waals surface area contributed by atoms with Crippen molar-refractivity contribution in [2.24, 2.45) is 11.3 Å². The molecule has 2 rings (SSSR count). The zero-order valence-corrected chi connectivity index (χ0v) is 15.7. The van der Waals surface area contributed by atoms with Crippen molar-refractivity contribution in [1.29, 1.82) is 0 Å². The highest BCUT2D eigenvalue weighted by molar-refractivity contribution is 6.39. The van der Waals surface area contributed by atoms with Crippen molar-refractivity contribution < 1.29 is 14.3 Å². The average Bonchev–Trinajstić information content (AvgIpc) is 2.59. The van der Waals surface area contributed by atoms with E-state index in [-0.39, 0.29) is 17.4 Å². The highest BCUT2D eigenvalue weighted by Crippen LogP contribution is 2.33. The van der Waals surface area contributed by atoms with Crippen LogP contribution in [0.5, 0.6) is 0 Å². The summed E-state index contributed by atoms with van der Waals surface area (Å²) in [4.78, 5) is 24.4. The first-order valence-corrected chi connectivity index (χ1v) is 9.11. The summed E-state index contributed by atoms with van der Waals surface area (Å²) in [5, 5.41) is 5.49. The van der Waals surface area contributed by atoms with Crippen LogP contribution in [0.15, 0.2) is 24.3 Å². The molecule has 1 aromatic carbocycles. The summed E-state index contributed by atoms with van der Waals surface area (Å²) in [6.07, 6.45) is 2.88. The molecule has 0 aromatic heterocycles. The standard InChI is InChI=1S/C20H30N2O3/c1-5-14-9-6-7-11-16(14)22-19(24)18(23)21-13-15-10-8-12-25-17(15)20(2,3)4/h6-7,9,11,15,17H,5,8,10,12-13H2,1-4H3,(H,21,23)(H,22,24)/t15-,17-/m1/s1. The van der Waals surface area contributed by atoms with Gasteiger partial charge in [-0.05, 0) is 36.3 Å². The average molecular weight is 346 g/mol. The number of carbonyl (C=O) groups excluding carboxylic acids is 2. The molecule has 2 amide bonds. The van der Waals surface area contributed by atoms with Gasteiger partial charge in [-0.15, -0.1) is 0 Å². The van der Waals surface area contributed by atoms with Crippen LogP contribution in [0.3, 0.4) is 0 Å². The molecule has 0 radical (unpaired) electrons. The molecule has 0 aliphatic carbocycles. The lowest BCUT2D eigenvalue weighted by atomic mass is 9.78. The largest absolute Gasteiger partial charge is 0.377 e. The van der Waals surface area contributed by atoms with Gasteiger partial charge in [0.25, 0.3) is 0 Å². The molecule has 0 bridgehead atoms. The van der Waals surface area contributed by atoms with Crippen LogP contribution in [0.4, 0.5) is 5.69 Å². The maximum absolute atomic E-state index is 12.2. The second kappa shape index (κ2) is 8.48. The summed E-state index contributed by atoms with van der Waals surface area (Å²) in [5.41, 5.74) is 1.72. The molecular formula is C20H30N2O3. The summed E-state index contributed by atoms with van der Waals surface area (Å²) in [5.74, 6) is -0.984. The predicted molar refractivity (Wildman–Crippen MR) is 99.4 cm³/mol. The first kappa shape index (κ1) is 19.4. The lowest BCUT2D eigenvalue weighted by Crippen LogP contribution is -2.46. The summed E-state index contributed by atoms with van der Waals surface area (Å²) in [7, 11) is 0. The zero-order valence-electron chi connectivity index (χ0n) is 15.7. The topological polar surface area (TPSA) is 67.4 Å². The van der Waals surface area contributed by atoms with Crippen LogP contribution < -0.4 is 10.6 Å². The number of nitrogens with one attached hydrogen (secondary N) is 2. The minimum Gasteiger partial charge on any atom is -0.377 e. The van der Waals surface area contributed by atoms with Crippen LogP contribution in [-0.4, -0.2) is 31.1 Å².